The smallest absolute Gasteiger partial charge is 0.410 e. The normalized spacial score (nSPS) is 20.2. The van der Waals surface area contributed by atoms with Gasteiger partial charge >= 0.3 is 6.09 Å². The number of nitrogens with zero attached hydrogens (tertiary/aromatic N) is 7. The van der Waals surface area contributed by atoms with Crippen molar-refractivity contribution in [1.29, 1.82) is 0 Å². The summed E-state index contributed by atoms with van der Waals surface area (Å²) in [6, 6.07) is 9.82. The first-order valence-corrected chi connectivity index (χ1v) is 15.7. The lowest BCUT2D eigenvalue weighted by molar-refractivity contribution is 0.0240. The number of anilines is 2. The third kappa shape index (κ3) is 5.93. The first kappa shape index (κ1) is 29.1. The predicted molar refractivity (Wildman–Crippen MR) is 171 cm³/mol. The summed E-state index contributed by atoms with van der Waals surface area (Å²) in [6.07, 6.45) is 3.50. The van der Waals surface area contributed by atoms with Crippen molar-refractivity contribution < 1.29 is 19.1 Å². The number of aromatic nitrogens is 5. The molecule has 1 N–H and O–H groups in total. The third-order valence-corrected chi connectivity index (χ3v) is 8.84. The van der Waals surface area contributed by atoms with Gasteiger partial charge in [-0.3, -0.25) is 15.1 Å². The fourth-order valence-electron chi connectivity index (χ4n) is 6.38. The fourth-order valence-corrected chi connectivity index (χ4v) is 6.38. The monoisotopic (exact) mass is 612 g/mol. The lowest BCUT2D eigenvalue weighted by Crippen LogP contribution is -2.50. The molecule has 45 heavy (non-hydrogen) atoms. The molecule has 2 bridgehead atoms. The molecule has 2 amide bonds. The van der Waals surface area contributed by atoms with Gasteiger partial charge in [0.2, 0.25) is 11.8 Å². The Labute approximate surface area is 262 Å². The van der Waals surface area contributed by atoms with E-state index in [2.05, 4.69) is 32.0 Å². The molecule has 5 heterocycles. The quantitative estimate of drug-likeness (QED) is 0.324. The van der Waals surface area contributed by atoms with E-state index in [9.17, 15) is 9.59 Å². The number of imidazole rings is 1. The van der Waals surface area contributed by atoms with E-state index in [1.165, 1.54) is 0 Å². The van der Waals surface area contributed by atoms with E-state index in [0.29, 0.717) is 67.7 Å². The van der Waals surface area contributed by atoms with E-state index in [-0.39, 0.29) is 12.0 Å². The van der Waals surface area contributed by atoms with Crippen molar-refractivity contribution in [2.75, 3.05) is 43.0 Å². The highest BCUT2D eigenvalue weighted by molar-refractivity contribution is 6.05. The minimum atomic E-state index is -0.518. The van der Waals surface area contributed by atoms with Crippen LogP contribution in [0.4, 0.5) is 16.4 Å². The second-order valence-electron chi connectivity index (χ2n) is 13.4. The molecule has 3 aliphatic rings. The molecule has 12 nitrogen and oxygen atoms in total. The second-order valence-corrected chi connectivity index (χ2v) is 13.4. The van der Waals surface area contributed by atoms with Crippen LogP contribution in [0.2, 0.25) is 0 Å². The van der Waals surface area contributed by atoms with Crippen molar-refractivity contribution in [2.24, 2.45) is 18.9 Å². The Bertz CT molecular complexity index is 1780. The zero-order valence-electron chi connectivity index (χ0n) is 26.5. The van der Waals surface area contributed by atoms with Crippen LogP contribution in [0.5, 0.6) is 5.88 Å². The molecule has 0 spiro atoms. The van der Waals surface area contributed by atoms with Crippen LogP contribution in [0.3, 0.4) is 0 Å². The molecule has 2 aliphatic heterocycles. The first-order chi connectivity index (χ1) is 21.5. The lowest BCUT2D eigenvalue weighted by atomic mass is 10.1. The Balaban J connectivity index is 1.18. The van der Waals surface area contributed by atoms with Crippen LogP contribution in [0, 0.1) is 18.8 Å². The maximum atomic E-state index is 13.7. The number of hydrogen-bond acceptors (Lipinski definition) is 8. The van der Waals surface area contributed by atoms with Gasteiger partial charge in [-0.05, 0) is 82.7 Å². The number of pyridine rings is 1. The Morgan fingerprint density at radius 1 is 1.07 bits per heavy atom. The van der Waals surface area contributed by atoms with Crippen LogP contribution in [-0.4, -0.2) is 79.6 Å². The molecule has 2 atom stereocenters. The summed E-state index contributed by atoms with van der Waals surface area (Å²) in [5, 5.41) is 7.52. The van der Waals surface area contributed by atoms with Crippen LogP contribution >= 0.6 is 0 Å². The van der Waals surface area contributed by atoms with E-state index in [4.69, 9.17) is 19.4 Å². The highest BCUT2D eigenvalue weighted by atomic mass is 16.6. The Morgan fingerprint density at radius 2 is 1.87 bits per heavy atom. The molecule has 0 unspecified atom stereocenters. The SMILES string of the molecule is Cc1cc2cc(n1)-c1cnn(C)c1OCC[C@H]1C[C@@H]1Cn1c(nc3ccc(N4CCN(C(=O)OC(C)(C)C)CC4)cc31)NC2=O. The molecule has 3 aromatic heterocycles. The number of aryl methyl sites for hydroxylation is 2. The van der Waals surface area contributed by atoms with Gasteiger partial charge in [-0.2, -0.15) is 5.10 Å². The van der Waals surface area contributed by atoms with Gasteiger partial charge in [-0.1, -0.05) is 0 Å². The zero-order valence-corrected chi connectivity index (χ0v) is 26.5. The topological polar surface area (TPSA) is 120 Å². The van der Waals surface area contributed by atoms with E-state index < -0.39 is 5.60 Å². The highest BCUT2D eigenvalue weighted by Gasteiger charge is 2.38. The van der Waals surface area contributed by atoms with Crippen molar-refractivity contribution in [2.45, 2.75) is 52.7 Å². The summed E-state index contributed by atoms with van der Waals surface area (Å²) in [4.78, 5) is 40.0. The van der Waals surface area contributed by atoms with Gasteiger partial charge in [0.25, 0.3) is 5.91 Å². The van der Waals surface area contributed by atoms with Gasteiger partial charge in [0.05, 0.1) is 35.1 Å². The molecule has 1 aliphatic carbocycles. The fraction of sp³-hybridized carbons (Fsp3) is 0.485. The number of carbonyl (C=O) groups is 2. The number of hydrogen-bond donors (Lipinski definition) is 1. The van der Waals surface area contributed by atoms with Crippen LogP contribution in [-0.2, 0) is 18.3 Å². The van der Waals surface area contributed by atoms with Crippen LogP contribution < -0.4 is 15.0 Å². The number of nitrogens with one attached hydrogen (secondary N) is 1. The number of fused-ring (bicyclic) bond motifs is 8. The van der Waals surface area contributed by atoms with Crippen LogP contribution in [0.25, 0.3) is 22.3 Å². The number of piperazine rings is 1. The number of benzene rings is 1. The van der Waals surface area contributed by atoms with E-state index in [1.54, 1.807) is 27.9 Å². The van der Waals surface area contributed by atoms with Crippen molar-refractivity contribution in [1.82, 2.24) is 29.2 Å². The van der Waals surface area contributed by atoms with Gasteiger partial charge in [0.1, 0.15) is 5.60 Å². The van der Waals surface area contributed by atoms with E-state index >= 15 is 0 Å². The third-order valence-electron chi connectivity index (χ3n) is 8.84. The van der Waals surface area contributed by atoms with Gasteiger partial charge in [0.15, 0.2) is 0 Å². The summed E-state index contributed by atoms with van der Waals surface area (Å²) < 4.78 is 15.7. The van der Waals surface area contributed by atoms with Crippen LogP contribution in [0.1, 0.15) is 49.7 Å². The summed E-state index contributed by atoms with van der Waals surface area (Å²) in [7, 11) is 1.86. The largest absolute Gasteiger partial charge is 0.477 e. The Hall–Kier alpha value is -4.61. The predicted octanol–water partition coefficient (Wildman–Crippen LogP) is 4.87. The molecule has 1 saturated heterocycles. The lowest BCUT2D eigenvalue weighted by Gasteiger charge is -2.36. The molecule has 236 valence electrons. The minimum absolute atomic E-state index is 0.245. The Morgan fingerprint density at radius 3 is 2.64 bits per heavy atom. The first-order valence-electron chi connectivity index (χ1n) is 15.7. The molecule has 2 fully saturated rings. The molecule has 0 radical (unpaired) electrons. The standard InChI is InChI=1S/C33H40N8O4/c1-20-14-22-16-27(35-20)25-18-34-38(5)30(25)44-13-8-21-15-23(21)19-41-28-17-24(6-7-26(28)36-31(41)37-29(22)42)39-9-11-40(12-10-39)32(43)45-33(2,3)4/h6-7,14,16-18,21,23H,8-13,15,19H2,1-5H3,(H,36,37,42)/t21-,23+/m0/s1. The Kier molecular flexibility index (Phi) is 7.17. The number of ether oxygens (including phenoxy) is 2. The zero-order chi connectivity index (χ0) is 31.5. The molecule has 4 aromatic rings. The van der Waals surface area contributed by atoms with Crippen molar-refractivity contribution in [3.8, 4) is 17.1 Å². The average molecular weight is 613 g/mol. The van der Waals surface area contributed by atoms with Gasteiger partial charge in [-0.15, -0.1) is 0 Å². The second kappa shape index (κ2) is 11.1. The van der Waals surface area contributed by atoms with Gasteiger partial charge < -0.3 is 23.8 Å². The average Bonchev–Trinajstić information content (AvgIpc) is 3.50. The maximum Gasteiger partial charge on any atom is 0.410 e. The molecular formula is C33H40N8O4. The van der Waals surface area contributed by atoms with E-state index in [0.717, 1.165) is 47.4 Å². The molecule has 7 rings (SSSR count). The number of rotatable bonds is 1. The van der Waals surface area contributed by atoms with Crippen molar-refractivity contribution >= 4 is 34.7 Å². The summed E-state index contributed by atoms with van der Waals surface area (Å²) in [6.45, 7) is 11.5. The maximum absolute atomic E-state index is 13.7. The van der Waals surface area contributed by atoms with Crippen molar-refractivity contribution in [3.63, 3.8) is 0 Å². The van der Waals surface area contributed by atoms with Gasteiger partial charge in [-0.25, -0.2) is 14.5 Å². The summed E-state index contributed by atoms with van der Waals surface area (Å²) in [5.74, 6) is 1.94. The number of amides is 2. The van der Waals surface area contributed by atoms with Crippen molar-refractivity contribution in [3.05, 3.63) is 47.8 Å². The summed E-state index contributed by atoms with van der Waals surface area (Å²) in [5.41, 5.74) is 4.99. The minimum Gasteiger partial charge on any atom is -0.477 e. The van der Waals surface area contributed by atoms with E-state index in [1.807, 2.05) is 40.8 Å². The molecule has 1 saturated carbocycles. The van der Waals surface area contributed by atoms with Gasteiger partial charge in [0, 0.05) is 56.7 Å². The molecule has 12 heteroatoms. The summed E-state index contributed by atoms with van der Waals surface area (Å²) >= 11 is 0. The van der Waals surface area contributed by atoms with Crippen LogP contribution in [0.15, 0.2) is 36.5 Å². The molecule has 1 aromatic carbocycles. The molecular weight excluding hydrogens is 572 g/mol. The highest BCUT2D eigenvalue weighted by Crippen LogP contribution is 2.44. The number of carbonyl (C=O) groups excluding carboxylic acids is 2.